The lowest BCUT2D eigenvalue weighted by Gasteiger charge is -2.08. The van der Waals surface area contributed by atoms with Crippen molar-refractivity contribution in [3.8, 4) is 5.75 Å². The molecule has 3 nitrogen and oxygen atoms in total. The van der Waals surface area contributed by atoms with Crippen LogP contribution in [-0.4, -0.2) is 11.0 Å². The zero-order valence-corrected chi connectivity index (χ0v) is 10.6. The van der Waals surface area contributed by atoms with Gasteiger partial charge in [-0.15, -0.1) is 0 Å². The van der Waals surface area contributed by atoms with Crippen LogP contribution >= 0.6 is 11.6 Å². The summed E-state index contributed by atoms with van der Waals surface area (Å²) in [5.74, 6) is -1.41. The van der Waals surface area contributed by atoms with Crippen molar-refractivity contribution in [1.82, 2.24) is 5.32 Å². The Labute approximate surface area is 114 Å². The third kappa shape index (κ3) is 3.23. The van der Waals surface area contributed by atoms with E-state index in [9.17, 15) is 14.3 Å². The zero-order valence-electron chi connectivity index (χ0n) is 9.86. The summed E-state index contributed by atoms with van der Waals surface area (Å²) in [5, 5.41) is 12.6. The minimum absolute atomic E-state index is 0.105. The van der Waals surface area contributed by atoms with Gasteiger partial charge in [0.05, 0.1) is 5.56 Å². The summed E-state index contributed by atoms with van der Waals surface area (Å²) < 4.78 is 13.0. The van der Waals surface area contributed by atoms with Crippen molar-refractivity contribution in [3.05, 3.63) is 64.4 Å². The molecule has 0 aliphatic carbocycles. The SMILES string of the molecule is O=C(NCc1ccccc1Cl)c1cc(F)ccc1O. The van der Waals surface area contributed by atoms with Crippen LogP contribution in [0.1, 0.15) is 15.9 Å². The Morgan fingerprint density at radius 3 is 2.74 bits per heavy atom. The normalized spacial score (nSPS) is 10.2. The van der Waals surface area contributed by atoms with Crippen molar-refractivity contribution >= 4 is 17.5 Å². The highest BCUT2D eigenvalue weighted by atomic mass is 35.5. The second-order valence-corrected chi connectivity index (χ2v) is 4.34. The summed E-state index contributed by atoms with van der Waals surface area (Å²) in [7, 11) is 0. The second kappa shape index (κ2) is 5.71. The van der Waals surface area contributed by atoms with E-state index in [1.165, 1.54) is 0 Å². The molecule has 0 unspecified atom stereocenters. The van der Waals surface area contributed by atoms with Gasteiger partial charge in [0.25, 0.3) is 5.91 Å². The van der Waals surface area contributed by atoms with Crippen molar-refractivity contribution < 1.29 is 14.3 Å². The lowest BCUT2D eigenvalue weighted by molar-refractivity contribution is 0.0948. The average Bonchev–Trinajstić information content (AvgIpc) is 2.40. The highest BCUT2D eigenvalue weighted by Gasteiger charge is 2.12. The number of aromatic hydroxyl groups is 1. The van der Waals surface area contributed by atoms with E-state index < -0.39 is 11.7 Å². The number of rotatable bonds is 3. The predicted molar refractivity (Wildman–Crippen MR) is 70.7 cm³/mol. The fourth-order valence-corrected chi connectivity index (χ4v) is 1.81. The van der Waals surface area contributed by atoms with Crippen LogP contribution in [0.5, 0.6) is 5.75 Å². The summed E-state index contributed by atoms with van der Waals surface area (Å²) in [6, 6.07) is 10.3. The van der Waals surface area contributed by atoms with E-state index in [0.29, 0.717) is 5.02 Å². The van der Waals surface area contributed by atoms with E-state index in [1.807, 2.05) is 0 Å². The van der Waals surface area contributed by atoms with Gasteiger partial charge in [-0.1, -0.05) is 29.8 Å². The second-order valence-electron chi connectivity index (χ2n) is 3.94. The van der Waals surface area contributed by atoms with Gasteiger partial charge < -0.3 is 10.4 Å². The highest BCUT2D eigenvalue weighted by molar-refractivity contribution is 6.31. The molecule has 1 amide bonds. The largest absolute Gasteiger partial charge is 0.507 e. The van der Waals surface area contributed by atoms with E-state index in [1.54, 1.807) is 24.3 Å². The van der Waals surface area contributed by atoms with Gasteiger partial charge in [0, 0.05) is 11.6 Å². The van der Waals surface area contributed by atoms with Crippen LogP contribution in [0.15, 0.2) is 42.5 Å². The Hall–Kier alpha value is -2.07. The monoisotopic (exact) mass is 279 g/mol. The predicted octanol–water partition coefficient (Wildman–Crippen LogP) is 3.11. The van der Waals surface area contributed by atoms with Crippen molar-refractivity contribution in [1.29, 1.82) is 0 Å². The quantitative estimate of drug-likeness (QED) is 0.907. The summed E-state index contributed by atoms with van der Waals surface area (Å²) in [6.07, 6.45) is 0. The maximum absolute atomic E-state index is 13.0. The van der Waals surface area contributed by atoms with Crippen LogP contribution in [0.25, 0.3) is 0 Å². The van der Waals surface area contributed by atoms with Crippen molar-refractivity contribution in [2.45, 2.75) is 6.54 Å². The Kier molecular flexibility index (Phi) is 4.02. The molecule has 0 spiro atoms. The van der Waals surface area contributed by atoms with E-state index in [2.05, 4.69) is 5.32 Å². The van der Waals surface area contributed by atoms with E-state index in [0.717, 1.165) is 23.8 Å². The lowest BCUT2D eigenvalue weighted by atomic mass is 10.1. The molecular weight excluding hydrogens is 269 g/mol. The van der Waals surface area contributed by atoms with Gasteiger partial charge in [0.2, 0.25) is 0 Å². The van der Waals surface area contributed by atoms with Crippen LogP contribution in [0.2, 0.25) is 5.02 Å². The number of hydrogen-bond donors (Lipinski definition) is 2. The standard InChI is InChI=1S/C14H11ClFNO2/c15-12-4-2-1-3-9(12)8-17-14(19)11-7-10(16)5-6-13(11)18/h1-7,18H,8H2,(H,17,19). The van der Waals surface area contributed by atoms with Gasteiger partial charge in [-0.05, 0) is 29.8 Å². The molecule has 0 radical (unpaired) electrons. The fraction of sp³-hybridized carbons (Fsp3) is 0.0714. The first-order valence-corrected chi connectivity index (χ1v) is 5.96. The van der Waals surface area contributed by atoms with Crippen molar-refractivity contribution in [2.75, 3.05) is 0 Å². The maximum atomic E-state index is 13.0. The topological polar surface area (TPSA) is 49.3 Å². The molecular formula is C14H11ClFNO2. The summed E-state index contributed by atoms with van der Waals surface area (Å²) in [6.45, 7) is 0.203. The molecule has 2 N–H and O–H groups in total. The number of halogens is 2. The number of amides is 1. The molecule has 0 aliphatic rings. The van der Waals surface area contributed by atoms with Crippen LogP contribution < -0.4 is 5.32 Å². The summed E-state index contributed by atoms with van der Waals surface area (Å²) >= 11 is 5.95. The van der Waals surface area contributed by atoms with Crippen molar-refractivity contribution in [2.24, 2.45) is 0 Å². The lowest BCUT2D eigenvalue weighted by Crippen LogP contribution is -2.23. The first kappa shape index (κ1) is 13.4. The zero-order chi connectivity index (χ0) is 13.8. The summed E-state index contributed by atoms with van der Waals surface area (Å²) in [5.41, 5.74) is 0.639. The molecule has 98 valence electrons. The van der Waals surface area contributed by atoms with Crippen LogP contribution in [0.3, 0.4) is 0 Å². The van der Waals surface area contributed by atoms with Crippen LogP contribution in [-0.2, 0) is 6.54 Å². The molecule has 0 saturated carbocycles. The molecule has 0 atom stereocenters. The minimum atomic E-state index is -0.583. The molecule has 0 aromatic heterocycles. The van der Waals surface area contributed by atoms with E-state index >= 15 is 0 Å². The molecule has 0 bridgehead atoms. The van der Waals surface area contributed by atoms with Gasteiger partial charge in [0.1, 0.15) is 11.6 Å². The molecule has 5 heteroatoms. The molecule has 0 fully saturated rings. The van der Waals surface area contributed by atoms with Gasteiger partial charge in [-0.25, -0.2) is 4.39 Å². The molecule has 19 heavy (non-hydrogen) atoms. The molecule has 2 aromatic rings. The Morgan fingerprint density at radius 1 is 1.26 bits per heavy atom. The third-order valence-corrected chi connectivity index (χ3v) is 2.97. The number of nitrogens with one attached hydrogen (secondary N) is 1. The molecule has 2 aromatic carbocycles. The highest BCUT2D eigenvalue weighted by Crippen LogP contribution is 2.18. The number of phenols is 1. The van der Waals surface area contributed by atoms with Crippen LogP contribution in [0, 0.1) is 5.82 Å². The Balaban J connectivity index is 2.10. The van der Waals surface area contributed by atoms with Gasteiger partial charge in [-0.3, -0.25) is 4.79 Å². The number of carbonyl (C=O) groups is 1. The smallest absolute Gasteiger partial charge is 0.255 e. The summed E-state index contributed by atoms with van der Waals surface area (Å²) in [4.78, 5) is 11.8. The van der Waals surface area contributed by atoms with E-state index in [-0.39, 0.29) is 17.9 Å². The number of carbonyl (C=O) groups excluding carboxylic acids is 1. The van der Waals surface area contributed by atoms with Crippen LogP contribution in [0.4, 0.5) is 4.39 Å². The van der Waals surface area contributed by atoms with Crippen molar-refractivity contribution in [3.63, 3.8) is 0 Å². The van der Waals surface area contributed by atoms with Gasteiger partial charge in [0.15, 0.2) is 0 Å². The van der Waals surface area contributed by atoms with Gasteiger partial charge in [-0.2, -0.15) is 0 Å². The fourth-order valence-electron chi connectivity index (χ4n) is 1.60. The third-order valence-electron chi connectivity index (χ3n) is 2.60. The molecule has 2 rings (SSSR count). The maximum Gasteiger partial charge on any atom is 0.255 e. The molecule has 0 heterocycles. The van der Waals surface area contributed by atoms with Gasteiger partial charge >= 0.3 is 0 Å². The molecule has 0 saturated heterocycles. The average molecular weight is 280 g/mol. The number of phenolic OH excluding ortho intramolecular Hbond substituents is 1. The number of benzene rings is 2. The first-order valence-electron chi connectivity index (χ1n) is 5.58. The van der Waals surface area contributed by atoms with E-state index in [4.69, 9.17) is 11.6 Å². The Bertz CT molecular complexity index is 616. The first-order chi connectivity index (χ1) is 9.08. The minimum Gasteiger partial charge on any atom is -0.507 e. The Morgan fingerprint density at radius 2 is 2.00 bits per heavy atom. The molecule has 0 aliphatic heterocycles. The number of hydrogen-bond acceptors (Lipinski definition) is 2.